The molecule has 0 fully saturated rings. The van der Waals surface area contributed by atoms with Gasteiger partial charge in [-0.1, -0.05) is 161 Å². The van der Waals surface area contributed by atoms with E-state index < -0.39 is 0 Å². The molecule has 1 atom stereocenters. The highest BCUT2D eigenvalue weighted by Gasteiger charge is 2.30. The molecule has 0 saturated carbocycles. The first-order chi connectivity index (χ1) is 29.2. The Labute approximate surface area is 357 Å². The summed E-state index contributed by atoms with van der Waals surface area (Å²) in [6, 6.07) is 56.3. The van der Waals surface area contributed by atoms with Gasteiger partial charge < -0.3 is 9.80 Å². The van der Waals surface area contributed by atoms with Gasteiger partial charge in [0.25, 0.3) is 0 Å². The van der Waals surface area contributed by atoms with Crippen LogP contribution in [0.3, 0.4) is 0 Å². The molecule has 0 saturated heterocycles. The van der Waals surface area contributed by atoms with Crippen molar-refractivity contribution in [3.63, 3.8) is 0 Å². The van der Waals surface area contributed by atoms with Crippen molar-refractivity contribution in [2.24, 2.45) is 5.92 Å². The van der Waals surface area contributed by atoms with Crippen LogP contribution >= 0.6 is 0 Å². The lowest BCUT2D eigenvalue weighted by atomic mass is 9.75. The number of allylic oxidation sites excluding steroid dienone is 3. The van der Waals surface area contributed by atoms with Gasteiger partial charge in [0.15, 0.2) is 0 Å². The second kappa shape index (κ2) is 16.3. The number of aryl methyl sites for hydroxylation is 4. The Morgan fingerprint density at radius 1 is 0.667 bits per heavy atom. The maximum absolute atomic E-state index is 2.54. The number of hydrogen-bond donors (Lipinski definition) is 0. The van der Waals surface area contributed by atoms with Crippen molar-refractivity contribution in [3.8, 4) is 0 Å². The summed E-state index contributed by atoms with van der Waals surface area (Å²) >= 11 is 0. The number of benzene rings is 7. The second-order valence-corrected chi connectivity index (χ2v) is 17.3. The third-order valence-electron chi connectivity index (χ3n) is 13.2. The number of rotatable bonds is 9. The van der Waals surface area contributed by atoms with Crippen LogP contribution in [0.5, 0.6) is 0 Å². The van der Waals surface area contributed by atoms with Crippen LogP contribution in [-0.2, 0) is 18.3 Å². The van der Waals surface area contributed by atoms with Crippen molar-refractivity contribution in [2.45, 2.75) is 72.6 Å². The van der Waals surface area contributed by atoms with E-state index in [1.165, 1.54) is 89.4 Å². The van der Waals surface area contributed by atoms with Crippen LogP contribution in [-0.4, -0.2) is 0 Å². The van der Waals surface area contributed by atoms with Crippen molar-refractivity contribution in [2.75, 3.05) is 9.80 Å². The predicted octanol–water partition coefficient (Wildman–Crippen LogP) is 15.9. The first-order valence-electron chi connectivity index (χ1n) is 21.9. The fourth-order valence-corrected chi connectivity index (χ4v) is 9.78. The van der Waals surface area contributed by atoms with Crippen LogP contribution in [0.2, 0.25) is 0 Å². The van der Waals surface area contributed by atoms with Gasteiger partial charge in [0.1, 0.15) is 0 Å². The number of anilines is 5. The number of fused-ring (bicyclic) bond motifs is 2. The predicted molar refractivity (Wildman–Crippen MR) is 258 cm³/mol. The molecule has 0 N–H and O–H groups in total. The third kappa shape index (κ3) is 7.19. The molecule has 2 nitrogen and oxygen atoms in total. The standard InChI is InChI=1S/C58H56N2/c1-7-44-21-9-12-28-54(44)60(53-27-11-8-18-42(53)4)57-31-17-25-50-45(23-16-26-51(50)57)34-33-43-20-15-24-47(38-43)58(5,6)52-39-48(36-32-41(52)3)59-55-29-13-10-22-46(55)35-37-49-40(2)19-14-30-56(49)59/h8-18,20-34,36,38-40H,7,19,35,37H2,1-6H3/b34-33+. The molecular weight excluding hydrogens is 725 g/mol. The summed E-state index contributed by atoms with van der Waals surface area (Å²) in [7, 11) is 0. The zero-order valence-electron chi connectivity index (χ0n) is 36.0. The highest BCUT2D eigenvalue weighted by atomic mass is 15.2. The molecule has 2 heteroatoms. The van der Waals surface area contributed by atoms with Gasteiger partial charge in [0.2, 0.25) is 0 Å². The van der Waals surface area contributed by atoms with Gasteiger partial charge in [-0.3, -0.25) is 0 Å². The van der Waals surface area contributed by atoms with E-state index in [-0.39, 0.29) is 5.41 Å². The zero-order chi connectivity index (χ0) is 41.4. The monoisotopic (exact) mass is 780 g/mol. The molecule has 1 aliphatic heterocycles. The van der Waals surface area contributed by atoms with E-state index in [0.717, 1.165) is 25.7 Å². The minimum absolute atomic E-state index is 0.232. The first-order valence-corrected chi connectivity index (χ1v) is 21.9. The Bertz CT molecular complexity index is 2810. The highest BCUT2D eigenvalue weighted by Crippen LogP contribution is 2.46. The van der Waals surface area contributed by atoms with Gasteiger partial charge in [-0.25, -0.2) is 0 Å². The summed E-state index contributed by atoms with van der Waals surface area (Å²) in [6.45, 7) is 13.9. The molecule has 298 valence electrons. The smallest absolute Gasteiger partial charge is 0.0540 e. The lowest BCUT2D eigenvalue weighted by molar-refractivity contribution is 0.634. The lowest BCUT2D eigenvalue weighted by Crippen LogP contribution is -2.23. The Morgan fingerprint density at radius 2 is 1.40 bits per heavy atom. The number of hydrogen-bond acceptors (Lipinski definition) is 2. The van der Waals surface area contributed by atoms with Gasteiger partial charge in [0, 0.05) is 39.2 Å². The molecule has 60 heavy (non-hydrogen) atoms. The molecule has 2 aliphatic rings. The molecular formula is C58H56N2. The average Bonchev–Trinajstić information content (AvgIpc) is 3.44. The molecule has 1 unspecified atom stereocenters. The van der Waals surface area contributed by atoms with E-state index in [2.05, 4.69) is 227 Å². The van der Waals surface area contributed by atoms with Crippen LogP contribution in [0.15, 0.2) is 175 Å². The van der Waals surface area contributed by atoms with Crippen LogP contribution in [0.1, 0.15) is 85.0 Å². The van der Waals surface area contributed by atoms with Gasteiger partial charge in [-0.05, 0) is 143 Å². The van der Waals surface area contributed by atoms with Crippen LogP contribution in [0.25, 0.3) is 22.9 Å². The van der Waals surface area contributed by atoms with E-state index in [0.29, 0.717) is 5.92 Å². The third-order valence-corrected chi connectivity index (χ3v) is 13.2. The fraction of sp³-hybridized carbons (Fsp3) is 0.207. The van der Waals surface area contributed by atoms with E-state index >= 15 is 0 Å². The van der Waals surface area contributed by atoms with E-state index in [1.54, 1.807) is 5.57 Å². The molecule has 1 heterocycles. The molecule has 7 aromatic carbocycles. The van der Waals surface area contributed by atoms with Crippen molar-refractivity contribution in [1.82, 2.24) is 0 Å². The van der Waals surface area contributed by atoms with Gasteiger partial charge >= 0.3 is 0 Å². The minimum Gasteiger partial charge on any atom is -0.310 e. The second-order valence-electron chi connectivity index (χ2n) is 17.3. The molecule has 0 spiro atoms. The number of nitrogens with zero attached hydrogens (tertiary/aromatic N) is 2. The van der Waals surface area contributed by atoms with Gasteiger partial charge in [-0.15, -0.1) is 0 Å². The molecule has 0 amide bonds. The van der Waals surface area contributed by atoms with Crippen LogP contribution < -0.4 is 9.80 Å². The lowest BCUT2D eigenvalue weighted by Gasteiger charge is -2.34. The Hall–Kier alpha value is -6.38. The fourth-order valence-electron chi connectivity index (χ4n) is 9.78. The Balaban J connectivity index is 1.07. The molecule has 1 aliphatic carbocycles. The highest BCUT2D eigenvalue weighted by molar-refractivity contribution is 6.03. The first kappa shape index (κ1) is 39.1. The maximum atomic E-state index is 2.54. The quantitative estimate of drug-likeness (QED) is 0.135. The van der Waals surface area contributed by atoms with Crippen molar-refractivity contribution in [3.05, 3.63) is 220 Å². The largest absolute Gasteiger partial charge is 0.310 e. The minimum atomic E-state index is -0.232. The average molecular weight is 781 g/mol. The molecule has 0 bridgehead atoms. The summed E-state index contributed by atoms with van der Waals surface area (Å²) in [5.41, 5.74) is 19.2. The Morgan fingerprint density at radius 3 is 2.25 bits per heavy atom. The van der Waals surface area contributed by atoms with Gasteiger partial charge in [0.05, 0.1) is 5.69 Å². The van der Waals surface area contributed by atoms with E-state index in [9.17, 15) is 0 Å². The van der Waals surface area contributed by atoms with Crippen LogP contribution in [0.4, 0.5) is 28.4 Å². The molecule has 0 aromatic heterocycles. The normalized spacial score (nSPS) is 15.3. The van der Waals surface area contributed by atoms with E-state index in [1.807, 2.05) is 0 Å². The van der Waals surface area contributed by atoms with Crippen LogP contribution in [0, 0.1) is 19.8 Å². The Kier molecular flexibility index (Phi) is 10.7. The summed E-state index contributed by atoms with van der Waals surface area (Å²) in [5, 5.41) is 2.46. The van der Waals surface area contributed by atoms with Crippen molar-refractivity contribution >= 4 is 51.4 Å². The zero-order valence-corrected chi connectivity index (χ0v) is 36.0. The SMILES string of the molecule is CCc1ccccc1N(c1ccccc1C)c1cccc2c(/C=C/c3cccc(C(C)(C)c4cc(N5C6=C(CCc7ccccc75)C(C)CC=C6)ccc4C)c3)cccc12. The maximum Gasteiger partial charge on any atom is 0.0540 e. The molecule has 9 rings (SSSR count). The van der Waals surface area contributed by atoms with Crippen molar-refractivity contribution in [1.29, 1.82) is 0 Å². The summed E-state index contributed by atoms with van der Waals surface area (Å²) in [4.78, 5) is 5.00. The van der Waals surface area contributed by atoms with E-state index in [4.69, 9.17) is 0 Å². The van der Waals surface area contributed by atoms with Crippen molar-refractivity contribution < 1.29 is 0 Å². The summed E-state index contributed by atoms with van der Waals surface area (Å²) in [5.74, 6) is 0.548. The molecule has 7 aromatic rings. The molecule has 0 radical (unpaired) electrons. The topological polar surface area (TPSA) is 6.48 Å². The van der Waals surface area contributed by atoms with Gasteiger partial charge in [-0.2, -0.15) is 0 Å². The number of para-hydroxylation sites is 3. The summed E-state index contributed by atoms with van der Waals surface area (Å²) in [6.07, 6.45) is 13.6. The summed E-state index contributed by atoms with van der Waals surface area (Å²) < 4.78 is 0.